The molecule has 0 saturated heterocycles. The van der Waals surface area contributed by atoms with Crippen LogP contribution in [0.25, 0.3) is 0 Å². The molecule has 2 N–H and O–H groups in total. The van der Waals surface area contributed by atoms with Gasteiger partial charge in [0.2, 0.25) is 10.0 Å². The van der Waals surface area contributed by atoms with E-state index in [0.29, 0.717) is 4.31 Å². The first-order chi connectivity index (χ1) is 10.8. The molecule has 23 heavy (non-hydrogen) atoms. The number of carboxylic acids is 1. The maximum atomic E-state index is 12.5. The van der Waals surface area contributed by atoms with Gasteiger partial charge in [-0.3, -0.25) is 4.79 Å². The molecule has 122 valence electrons. The molecule has 1 aliphatic rings. The number of rotatable bonds is 5. The SMILES string of the molecule is CCO/C(O)=C(/C#N)C1c2ccccc2S(=O)(=O)N1CC(=O)O. The van der Waals surface area contributed by atoms with Crippen LogP contribution in [0.5, 0.6) is 0 Å². The lowest BCUT2D eigenvalue weighted by Crippen LogP contribution is -2.34. The summed E-state index contributed by atoms with van der Waals surface area (Å²) in [5, 5.41) is 28.2. The molecule has 8 nitrogen and oxygen atoms in total. The second kappa shape index (κ2) is 6.28. The Morgan fingerprint density at radius 2 is 2.04 bits per heavy atom. The monoisotopic (exact) mass is 338 g/mol. The van der Waals surface area contributed by atoms with Crippen LogP contribution in [0.15, 0.2) is 40.7 Å². The van der Waals surface area contributed by atoms with Crippen LogP contribution in [0.3, 0.4) is 0 Å². The summed E-state index contributed by atoms with van der Waals surface area (Å²) in [4.78, 5) is 11.0. The van der Waals surface area contributed by atoms with Crippen molar-refractivity contribution in [1.29, 1.82) is 5.26 Å². The minimum Gasteiger partial charge on any atom is -0.480 e. The highest BCUT2D eigenvalue weighted by Gasteiger charge is 2.46. The largest absolute Gasteiger partial charge is 0.480 e. The Hall–Kier alpha value is -2.57. The van der Waals surface area contributed by atoms with Gasteiger partial charge in [-0.05, 0) is 18.6 Å². The second-order valence-electron chi connectivity index (χ2n) is 4.65. The summed E-state index contributed by atoms with van der Waals surface area (Å²) in [6, 6.07) is 6.33. The van der Waals surface area contributed by atoms with Gasteiger partial charge in [-0.15, -0.1) is 0 Å². The number of hydrogen-bond acceptors (Lipinski definition) is 6. The summed E-state index contributed by atoms with van der Waals surface area (Å²) in [5.74, 6) is -2.10. The van der Waals surface area contributed by atoms with E-state index < -0.39 is 34.5 Å². The van der Waals surface area contributed by atoms with E-state index in [9.17, 15) is 23.6 Å². The molecule has 0 bridgehead atoms. The van der Waals surface area contributed by atoms with Crippen molar-refractivity contribution in [2.24, 2.45) is 0 Å². The van der Waals surface area contributed by atoms with Crippen molar-refractivity contribution in [3.8, 4) is 6.07 Å². The summed E-state index contributed by atoms with van der Waals surface area (Å²) >= 11 is 0. The number of aliphatic hydroxyl groups excluding tert-OH is 1. The number of nitriles is 1. The summed E-state index contributed by atoms with van der Waals surface area (Å²) in [6.45, 7) is 0.808. The van der Waals surface area contributed by atoms with E-state index in [2.05, 4.69) is 0 Å². The number of fused-ring (bicyclic) bond motifs is 1. The van der Waals surface area contributed by atoms with Crippen LogP contribution >= 0.6 is 0 Å². The van der Waals surface area contributed by atoms with Gasteiger partial charge in [0.25, 0.3) is 5.95 Å². The zero-order valence-electron chi connectivity index (χ0n) is 12.1. The Kier molecular flexibility index (Phi) is 4.58. The number of carboxylic acid groups (broad SMARTS) is 1. The molecule has 1 aliphatic heterocycles. The fourth-order valence-electron chi connectivity index (χ4n) is 2.41. The van der Waals surface area contributed by atoms with Gasteiger partial charge in [-0.2, -0.15) is 9.57 Å². The van der Waals surface area contributed by atoms with Gasteiger partial charge in [0.1, 0.15) is 18.2 Å². The quantitative estimate of drug-likeness (QED) is 0.608. The lowest BCUT2D eigenvalue weighted by Gasteiger charge is -2.21. The van der Waals surface area contributed by atoms with Gasteiger partial charge in [-0.1, -0.05) is 18.2 Å². The van der Waals surface area contributed by atoms with Gasteiger partial charge in [0, 0.05) is 0 Å². The fourth-order valence-corrected chi connectivity index (χ4v) is 4.17. The summed E-state index contributed by atoms with van der Waals surface area (Å²) in [6.07, 6.45) is 0. The third-order valence-corrected chi connectivity index (χ3v) is 5.17. The van der Waals surface area contributed by atoms with Crippen LogP contribution in [0, 0.1) is 11.3 Å². The summed E-state index contributed by atoms with van der Waals surface area (Å²) in [7, 11) is -4.09. The first kappa shape index (κ1) is 16.8. The number of sulfonamides is 1. The molecule has 1 heterocycles. The number of nitrogens with zero attached hydrogens (tertiary/aromatic N) is 2. The van der Waals surface area contributed by atoms with Crippen molar-refractivity contribution in [2.75, 3.05) is 13.2 Å². The average molecular weight is 338 g/mol. The van der Waals surface area contributed by atoms with Crippen molar-refractivity contribution in [3.63, 3.8) is 0 Å². The molecule has 0 fully saturated rings. The first-order valence-electron chi connectivity index (χ1n) is 6.63. The van der Waals surface area contributed by atoms with E-state index in [1.807, 2.05) is 0 Å². The molecular formula is C14H14N2O6S. The summed E-state index contributed by atoms with van der Waals surface area (Å²) < 4.78 is 30.6. The fraction of sp³-hybridized carbons (Fsp3) is 0.286. The van der Waals surface area contributed by atoms with E-state index in [-0.39, 0.29) is 22.6 Å². The molecule has 0 radical (unpaired) electrons. The minimum atomic E-state index is -4.09. The standard InChI is InChI=1S/C14H14N2O6S/c1-2-22-14(19)10(7-15)13-9-5-3-4-6-11(9)23(20,21)16(13)8-12(17)18/h3-6,13,19H,2,8H2,1H3,(H,17,18)/b14-10-. The van der Waals surface area contributed by atoms with Gasteiger partial charge in [0.15, 0.2) is 0 Å². The molecular weight excluding hydrogens is 324 g/mol. The first-order valence-corrected chi connectivity index (χ1v) is 8.07. The highest BCUT2D eigenvalue weighted by Crippen LogP contribution is 2.43. The second-order valence-corrected chi connectivity index (χ2v) is 6.51. The minimum absolute atomic E-state index is 0.0665. The molecule has 2 rings (SSSR count). The van der Waals surface area contributed by atoms with Crippen LogP contribution in [0.4, 0.5) is 0 Å². The van der Waals surface area contributed by atoms with Gasteiger partial charge in [-0.25, -0.2) is 8.42 Å². The Morgan fingerprint density at radius 1 is 1.39 bits per heavy atom. The lowest BCUT2D eigenvalue weighted by atomic mass is 10.00. The van der Waals surface area contributed by atoms with Crippen LogP contribution < -0.4 is 0 Å². The zero-order valence-corrected chi connectivity index (χ0v) is 12.9. The van der Waals surface area contributed by atoms with Crippen molar-refractivity contribution in [1.82, 2.24) is 4.31 Å². The van der Waals surface area contributed by atoms with Crippen molar-refractivity contribution in [3.05, 3.63) is 41.3 Å². The van der Waals surface area contributed by atoms with Crippen LogP contribution in [-0.2, 0) is 19.6 Å². The molecule has 1 aromatic carbocycles. The van der Waals surface area contributed by atoms with E-state index in [4.69, 9.17) is 9.84 Å². The smallest absolute Gasteiger partial charge is 0.318 e. The van der Waals surface area contributed by atoms with Gasteiger partial charge in [0.05, 0.1) is 17.5 Å². The number of benzene rings is 1. The molecule has 0 aromatic heterocycles. The highest BCUT2D eigenvalue weighted by atomic mass is 32.2. The molecule has 1 aromatic rings. The van der Waals surface area contributed by atoms with E-state index in [1.165, 1.54) is 18.2 Å². The molecule has 1 unspecified atom stereocenters. The Balaban J connectivity index is 2.70. The molecule has 9 heteroatoms. The molecule has 0 aliphatic carbocycles. The number of carbonyl (C=O) groups is 1. The predicted octanol–water partition coefficient (Wildman–Crippen LogP) is 1.15. The van der Waals surface area contributed by atoms with E-state index in [1.54, 1.807) is 19.1 Å². The number of ether oxygens (including phenoxy) is 1. The van der Waals surface area contributed by atoms with Crippen LogP contribution in [0.1, 0.15) is 18.5 Å². The molecule has 0 saturated carbocycles. The molecule has 0 amide bonds. The van der Waals surface area contributed by atoms with E-state index in [0.717, 1.165) is 0 Å². The molecule has 1 atom stereocenters. The molecule has 0 spiro atoms. The zero-order chi connectivity index (χ0) is 17.2. The predicted molar refractivity (Wildman–Crippen MR) is 77.6 cm³/mol. The average Bonchev–Trinajstić information content (AvgIpc) is 2.70. The van der Waals surface area contributed by atoms with Crippen LogP contribution in [0.2, 0.25) is 0 Å². The Bertz CT molecular complexity index is 809. The maximum absolute atomic E-state index is 12.5. The topological polar surface area (TPSA) is 128 Å². The normalized spacial score (nSPS) is 20.3. The third-order valence-electron chi connectivity index (χ3n) is 3.28. The van der Waals surface area contributed by atoms with E-state index >= 15 is 0 Å². The van der Waals surface area contributed by atoms with Crippen LogP contribution in [-0.4, -0.2) is 42.1 Å². The maximum Gasteiger partial charge on any atom is 0.318 e. The lowest BCUT2D eigenvalue weighted by molar-refractivity contribution is -0.137. The van der Waals surface area contributed by atoms with Crippen molar-refractivity contribution < 1.29 is 28.2 Å². The van der Waals surface area contributed by atoms with Crippen molar-refractivity contribution in [2.45, 2.75) is 17.9 Å². The third kappa shape index (κ3) is 2.86. The Morgan fingerprint density at radius 3 is 2.61 bits per heavy atom. The number of hydrogen-bond donors (Lipinski definition) is 2. The number of aliphatic carboxylic acids is 1. The summed E-state index contributed by atoms with van der Waals surface area (Å²) in [5.41, 5.74) is -0.141. The number of aliphatic hydroxyl groups is 1. The van der Waals surface area contributed by atoms with Gasteiger partial charge >= 0.3 is 5.97 Å². The Labute approximate surface area is 132 Å². The van der Waals surface area contributed by atoms with Gasteiger partial charge < -0.3 is 14.9 Å². The highest BCUT2D eigenvalue weighted by molar-refractivity contribution is 7.89. The van der Waals surface area contributed by atoms with Crippen molar-refractivity contribution >= 4 is 16.0 Å².